The molecule has 0 aliphatic rings. The van der Waals surface area contributed by atoms with Crippen molar-refractivity contribution in [2.75, 3.05) is 13.7 Å². The van der Waals surface area contributed by atoms with E-state index in [1.807, 2.05) is 33.8 Å². The summed E-state index contributed by atoms with van der Waals surface area (Å²) in [5.41, 5.74) is 0.956. The Bertz CT molecular complexity index is 398. The number of furan rings is 1. The minimum atomic E-state index is -0.201. The number of hydrogen-bond donors (Lipinski definition) is 1. The van der Waals surface area contributed by atoms with Crippen molar-refractivity contribution < 1.29 is 13.9 Å². The first kappa shape index (κ1) is 14.8. The number of hydrogen-bond acceptors (Lipinski definition) is 3. The van der Waals surface area contributed by atoms with Crippen molar-refractivity contribution in [3.8, 4) is 0 Å². The molecule has 1 N–H and O–H groups in total. The van der Waals surface area contributed by atoms with Crippen molar-refractivity contribution in [1.82, 2.24) is 5.32 Å². The average Bonchev–Trinajstić information content (AvgIpc) is 2.66. The highest BCUT2D eigenvalue weighted by Crippen LogP contribution is 2.23. The number of ether oxygens (including phenoxy) is 1. The van der Waals surface area contributed by atoms with E-state index in [1.165, 1.54) is 0 Å². The summed E-state index contributed by atoms with van der Waals surface area (Å²) in [5.74, 6) is 1.47. The summed E-state index contributed by atoms with van der Waals surface area (Å²) >= 11 is 0. The summed E-state index contributed by atoms with van der Waals surface area (Å²) in [5, 5.41) is 3.00. The van der Waals surface area contributed by atoms with Gasteiger partial charge in [-0.1, -0.05) is 6.92 Å². The molecule has 102 valence electrons. The van der Waals surface area contributed by atoms with E-state index in [0.717, 1.165) is 23.5 Å². The molecule has 1 aromatic rings. The second-order valence-corrected chi connectivity index (χ2v) is 4.66. The largest absolute Gasteiger partial charge is 0.466 e. The number of aryl methyl sites for hydroxylation is 2. The van der Waals surface area contributed by atoms with Gasteiger partial charge < -0.3 is 14.5 Å². The molecule has 0 spiro atoms. The lowest BCUT2D eigenvalue weighted by molar-refractivity contribution is -0.123. The summed E-state index contributed by atoms with van der Waals surface area (Å²) in [7, 11) is 1.64. The van der Waals surface area contributed by atoms with Crippen molar-refractivity contribution in [2.45, 2.75) is 46.1 Å². The maximum absolute atomic E-state index is 12.1. The van der Waals surface area contributed by atoms with Crippen molar-refractivity contribution in [3.63, 3.8) is 0 Å². The molecule has 0 aromatic carbocycles. The van der Waals surface area contributed by atoms with Crippen LogP contribution in [0.1, 0.15) is 43.3 Å². The third-order valence-corrected chi connectivity index (χ3v) is 3.15. The van der Waals surface area contributed by atoms with Crippen LogP contribution in [0.15, 0.2) is 10.5 Å². The molecular formula is C14H23NO3. The third kappa shape index (κ3) is 3.60. The molecular weight excluding hydrogens is 230 g/mol. The fourth-order valence-electron chi connectivity index (χ4n) is 2.01. The summed E-state index contributed by atoms with van der Waals surface area (Å²) in [4.78, 5) is 12.1. The molecule has 1 amide bonds. The maximum Gasteiger partial charge on any atom is 0.227 e. The quantitative estimate of drug-likeness (QED) is 0.847. The Morgan fingerprint density at radius 2 is 2.17 bits per heavy atom. The molecule has 2 atom stereocenters. The van der Waals surface area contributed by atoms with E-state index in [0.29, 0.717) is 6.61 Å². The molecule has 1 rings (SSSR count). The van der Waals surface area contributed by atoms with E-state index in [-0.39, 0.29) is 17.9 Å². The first-order chi connectivity index (χ1) is 8.49. The molecule has 0 aliphatic carbocycles. The van der Waals surface area contributed by atoms with Crippen molar-refractivity contribution in [1.29, 1.82) is 0 Å². The lowest BCUT2D eigenvalue weighted by atomic mass is 10.00. The van der Waals surface area contributed by atoms with Crippen LogP contribution in [-0.4, -0.2) is 25.7 Å². The number of carbonyl (C=O) groups excluding carboxylic acids is 1. The smallest absolute Gasteiger partial charge is 0.227 e. The number of rotatable bonds is 6. The number of amides is 1. The van der Waals surface area contributed by atoms with E-state index in [2.05, 4.69) is 5.32 Å². The molecule has 0 radical (unpaired) electrons. The van der Waals surface area contributed by atoms with Crippen molar-refractivity contribution in [2.24, 2.45) is 0 Å². The second kappa shape index (κ2) is 6.59. The molecule has 0 fully saturated rings. The first-order valence-corrected chi connectivity index (χ1v) is 6.35. The predicted molar refractivity (Wildman–Crippen MR) is 70.7 cm³/mol. The fourth-order valence-corrected chi connectivity index (χ4v) is 2.01. The van der Waals surface area contributed by atoms with E-state index in [1.54, 1.807) is 7.11 Å². The molecule has 18 heavy (non-hydrogen) atoms. The standard InChI is InChI=1S/C14H23NO3/c1-6-12(8-17-5)15-14(16)10(3)13-7-9(2)18-11(13)4/h7,10,12H,6,8H2,1-5H3,(H,15,16). The maximum atomic E-state index is 12.1. The highest BCUT2D eigenvalue weighted by atomic mass is 16.5. The topological polar surface area (TPSA) is 51.5 Å². The van der Waals surface area contributed by atoms with Gasteiger partial charge in [-0.05, 0) is 33.3 Å². The van der Waals surface area contributed by atoms with Gasteiger partial charge in [0, 0.05) is 12.7 Å². The number of nitrogens with one attached hydrogen (secondary N) is 1. The third-order valence-electron chi connectivity index (χ3n) is 3.15. The number of methoxy groups -OCH3 is 1. The van der Waals surface area contributed by atoms with E-state index >= 15 is 0 Å². The summed E-state index contributed by atoms with van der Waals surface area (Å²) in [6, 6.07) is 2.00. The van der Waals surface area contributed by atoms with E-state index < -0.39 is 0 Å². The van der Waals surface area contributed by atoms with Gasteiger partial charge in [0.25, 0.3) is 0 Å². The fraction of sp³-hybridized carbons (Fsp3) is 0.643. The van der Waals surface area contributed by atoms with Crippen LogP contribution in [0.25, 0.3) is 0 Å². The van der Waals surface area contributed by atoms with Crippen LogP contribution in [0, 0.1) is 13.8 Å². The molecule has 4 heteroatoms. The van der Waals surface area contributed by atoms with Gasteiger partial charge in [-0.3, -0.25) is 4.79 Å². The Balaban J connectivity index is 2.69. The monoisotopic (exact) mass is 253 g/mol. The highest BCUT2D eigenvalue weighted by Gasteiger charge is 2.21. The molecule has 0 saturated carbocycles. The summed E-state index contributed by atoms with van der Waals surface area (Å²) in [6.45, 7) is 8.24. The van der Waals surface area contributed by atoms with Crippen LogP contribution >= 0.6 is 0 Å². The van der Waals surface area contributed by atoms with Gasteiger partial charge in [0.15, 0.2) is 0 Å². The number of carbonyl (C=O) groups is 1. The SMILES string of the molecule is CCC(COC)NC(=O)C(C)c1cc(C)oc1C. The van der Waals surface area contributed by atoms with Crippen LogP contribution in [0.2, 0.25) is 0 Å². The molecule has 2 unspecified atom stereocenters. The predicted octanol–water partition coefficient (Wildman–Crippen LogP) is 2.54. The zero-order chi connectivity index (χ0) is 13.7. The Kier molecular flexibility index (Phi) is 5.41. The Morgan fingerprint density at radius 3 is 2.61 bits per heavy atom. The molecule has 4 nitrogen and oxygen atoms in total. The highest BCUT2D eigenvalue weighted by molar-refractivity contribution is 5.83. The van der Waals surface area contributed by atoms with Gasteiger partial charge in [-0.2, -0.15) is 0 Å². The Hall–Kier alpha value is -1.29. The minimum absolute atomic E-state index is 0.0165. The van der Waals surface area contributed by atoms with Gasteiger partial charge in [-0.25, -0.2) is 0 Å². The van der Waals surface area contributed by atoms with Crippen molar-refractivity contribution in [3.05, 3.63) is 23.2 Å². The average molecular weight is 253 g/mol. The van der Waals surface area contributed by atoms with E-state index in [4.69, 9.17) is 9.15 Å². The minimum Gasteiger partial charge on any atom is -0.466 e. The van der Waals surface area contributed by atoms with Crippen LogP contribution in [-0.2, 0) is 9.53 Å². The van der Waals surface area contributed by atoms with Crippen molar-refractivity contribution >= 4 is 5.91 Å². The molecule has 1 heterocycles. The Labute approximate surface area is 109 Å². The Morgan fingerprint density at radius 1 is 1.50 bits per heavy atom. The lowest BCUT2D eigenvalue weighted by Crippen LogP contribution is -2.39. The van der Waals surface area contributed by atoms with Gasteiger partial charge in [0.05, 0.1) is 18.6 Å². The van der Waals surface area contributed by atoms with E-state index in [9.17, 15) is 4.79 Å². The molecule has 1 aromatic heterocycles. The van der Waals surface area contributed by atoms with Gasteiger partial charge in [0.1, 0.15) is 11.5 Å². The molecule has 0 aliphatic heterocycles. The van der Waals surface area contributed by atoms with Gasteiger partial charge in [-0.15, -0.1) is 0 Å². The zero-order valence-corrected chi connectivity index (χ0v) is 11.9. The summed E-state index contributed by atoms with van der Waals surface area (Å²) in [6.07, 6.45) is 0.857. The first-order valence-electron chi connectivity index (χ1n) is 6.35. The van der Waals surface area contributed by atoms with Crippen LogP contribution in [0.5, 0.6) is 0 Å². The van der Waals surface area contributed by atoms with Gasteiger partial charge >= 0.3 is 0 Å². The molecule has 0 saturated heterocycles. The van der Waals surface area contributed by atoms with Crippen LogP contribution in [0.4, 0.5) is 0 Å². The second-order valence-electron chi connectivity index (χ2n) is 4.66. The summed E-state index contributed by atoms with van der Waals surface area (Å²) < 4.78 is 10.5. The van der Waals surface area contributed by atoms with Crippen LogP contribution in [0.3, 0.4) is 0 Å². The lowest BCUT2D eigenvalue weighted by Gasteiger charge is -2.19. The molecule has 0 bridgehead atoms. The van der Waals surface area contributed by atoms with Gasteiger partial charge in [0.2, 0.25) is 5.91 Å². The normalized spacial score (nSPS) is 14.3. The van der Waals surface area contributed by atoms with Crippen LogP contribution < -0.4 is 5.32 Å². The zero-order valence-electron chi connectivity index (χ0n) is 11.9.